The minimum absolute atomic E-state index is 0.0365. The van der Waals surface area contributed by atoms with Gasteiger partial charge in [0.15, 0.2) is 0 Å². The summed E-state index contributed by atoms with van der Waals surface area (Å²) in [6.07, 6.45) is 4.64. The van der Waals surface area contributed by atoms with E-state index in [4.69, 9.17) is 17.3 Å². The maximum Gasteiger partial charge on any atom is 0.241 e. The van der Waals surface area contributed by atoms with E-state index < -0.39 is 6.04 Å². The number of aryl methyl sites for hydroxylation is 1. The Morgan fingerprint density at radius 3 is 2.69 bits per heavy atom. The van der Waals surface area contributed by atoms with E-state index in [2.05, 4.69) is 10.3 Å². The Kier molecular flexibility index (Phi) is 5.69. The monoisotopic (exact) mass is 373 g/mol. The lowest BCUT2D eigenvalue weighted by atomic mass is 9.87. The van der Waals surface area contributed by atoms with Crippen LogP contribution in [0.2, 0.25) is 5.02 Å². The van der Waals surface area contributed by atoms with Crippen molar-refractivity contribution >= 4 is 23.2 Å². The van der Waals surface area contributed by atoms with Crippen LogP contribution in [0.5, 0.6) is 0 Å². The van der Waals surface area contributed by atoms with E-state index in [0.29, 0.717) is 30.0 Å². The molecule has 3 rings (SSSR count). The van der Waals surface area contributed by atoms with Crippen LogP contribution < -0.4 is 11.1 Å². The fourth-order valence-electron chi connectivity index (χ4n) is 3.19. The summed E-state index contributed by atoms with van der Waals surface area (Å²) in [5.74, 6) is -0.409. The third-order valence-corrected chi connectivity index (χ3v) is 5.05. The molecule has 0 bridgehead atoms. The van der Waals surface area contributed by atoms with Crippen molar-refractivity contribution in [2.75, 3.05) is 5.32 Å². The Hall–Kier alpha value is -2.24. The number of anilines is 1. The molecule has 1 aromatic carbocycles. The van der Waals surface area contributed by atoms with Gasteiger partial charge in [0.25, 0.3) is 0 Å². The number of halogens is 2. The van der Waals surface area contributed by atoms with E-state index in [0.717, 1.165) is 16.8 Å². The van der Waals surface area contributed by atoms with E-state index in [1.54, 1.807) is 12.3 Å². The van der Waals surface area contributed by atoms with Crippen molar-refractivity contribution in [1.82, 2.24) is 4.98 Å². The van der Waals surface area contributed by atoms with Gasteiger partial charge in [0, 0.05) is 23.1 Å². The van der Waals surface area contributed by atoms with E-state index in [-0.39, 0.29) is 17.7 Å². The van der Waals surface area contributed by atoms with Crippen LogP contribution >= 0.6 is 11.6 Å². The van der Waals surface area contributed by atoms with Crippen molar-refractivity contribution in [1.29, 1.82) is 0 Å². The lowest BCUT2D eigenvalue weighted by Crippen LogP contribution is -2.42. The molecule has 0 spiro atoms. The van der Waals surface area contributed by atoms with Gasteiger partial charge in [0.05, 0.1) is 16.9 Å². The van der Waals surface area contributed by atoms with Gasteiger partial charge in [-0.1, -0.05) is 29.8 Å². The number of hydrogen-bond acceptors (Lipinski definition) is 3. The van der Waals surface area contributed by atoms with Gasteiger partial charge in [-0.15, -0.1) is 0 Å². The number of benzene rings is 1. The maximum atomic E-state index is 13.1. The summed E-state index contributed by atoms with van der Waals surface area (Å²) in [4.78, 5) is 16.6. The molecule has 6 heteroatoms. The molecule has 2 atom stereocenters. The predicted molar refractivity (Wildman–Crippen MR) is 103 cm³/mol. The molecule has 0 radical (unpaired) electrons. The predicted octanol–water partition coefficient (Wildman–Crippen LogP) is 4.63. The van der Waals surface area contributed by atoms with E-state index in [1.807, 2.05) is 31.2 Å². The highest BCUT2D eigenvalue weighted by atomic mass is 35.5. The van der Waals surface area contributed by atoms with Gasteiger partial charge in [-0.05, 0) is 55.9 Å². The van der Waals surface area contributed by atoms with Crippen molar-refractivity contribution in [3.05, 3.63) is 59.1 Å². The first-order valence-corrected chi connectivity index (χ1v) is 8.96. The van der Waals surface area contributed by atoms with E-state index in [9.17, 15) is 9.18 Å². The van der Waals surface area contributed by atoms with Crippen LogP contribution in [0.3, 0.4) is 0 Å². The zero-order valence-electron chi connectivity index (χ0n) is 14.5. The average molecular weight is 374 g/mol. The molecule has 1 amide bonds. The van der Waals surface area contributed by atoms with Crippen LogP contribution in [0, 0.1) is 12.8 Å². The Morgan fingerprint density at radius 1 is 1.35 bits per heavy atom. The van der Waals surface area contributed by atoms with Crippen molar-refractivity contribution < 1.29 is 9.18 Å². The summed E-state index contributed by atoms with van der Waals surface area (Å²) in [5.41, 5.74) is 9.36. The summed E-state index contributed by atoms with van der Waals surface area (Å²) in [7, 11) is 0. The second-order valence-electron chi connectivity index (χ2n) is 6.53. The first-order chi connectivity index (χ1) is 12.5. The first kappa shape index (κ1) is 18.5. The number of hydrogen-bond donors (Lipinski definition) is 2. The number of rotatable bonds is 4. The number of carbonyl (C=O) groups is 1. The van der Waals surface area contributed by atoms with Gasteiger partial charge in [-0.3, -0.25) is 9.78 Å². The Balaban J connectivity index is 1.68. The van der Waals surface area contributed by atoms with Gasteiger partial charge in [-0.2, -0.15) is 0 Å². The fraction of sp³-hybridized carbons (Fsp3) is 0.300. The molecule has 1 aromatic heterocycles. The van der Waals surface area contributed by atoms with Crippen molar-refractivity contribution in [3.8, 4) is 11.1 Å². The Bertz CT molecular complexity index is 815. The van der Waals surface area contributed by atoms with Crippen molar-refractivity contribution in [2.24, 2.45) is 11.7 Å². The molecular weight excluding hydrogens is 353 g/mol. The zero-order valence-corrected chi connectivity index (χ0v) is 15.3. The number of aromatic nitrogens is 1. The quantitative estimate of drug-likeness (QED) is 0.821. The fourth-order valence-corrected chi connectivity index (χ4v) is 3.49. The number of amides is 1. The highest BCUT2D eigenvalue weighted by molar-refractivity contribution is 6.33. The highest BCUT2D eigenvalue weighted by Crippen LogP contribution is 2.31. The molecule has 1 aliphatic rings. The van der Waals surface area contributed by atoms with E-state index in [1.165, 1.54) is 6.08 Å². The number of nitrogens with two attached hydrogens (primary N) is 1. The standard InChI is InChI=1S/C20H21ClFN3O/c1-12-18(17(21)10-11-24-12)13-4-8-16(9-5-13)25-20(26)19(23)14-2-6-15(22)7-3-14/h4-6,8-11,14,19H,2-3,7,23H2,1H3,(H,25,26). The van der Waals surface area contributed by atoms with Crippen LogP contribution in [0.1, 0.15) is 25.0 Å². The van der Waals surface area contributed by atoms with Crippen LogP contribution in [0.4, 0.5) is 10.1 Å². The normalized spacial score (nSPS) is 18.2. The van der Waals surface area contributed by atoms with Crippen LogP contribution in [0.25, 0.3) is 11.1 Å². The Morgan fingerprint density at radius 2 is 2.08 bits per heavy atom. The molecular formula is C20H21ClFN3O. The summed E-state index contributed by atoms with van der Waals surface area (Å²) in [6, 6.07) is 8.48. The van der Waals surface area contributed by atoms with Gasteiger partial charge >= 0.3 is 0 Å². The minimum Gasteiger partial charge on any atom is -0.325 e. The van der Waals surface area contributed by atoms with Gasteiger partial charge in [0.1, 0.15) is 0 Å². The topological polar surface area (TPSA) is 68.0 Å². The third-order valence-electron chi connectivity index (χ3n) is 4.74. The molecule has 0 fully saturated rings. The second kappa shape index (κ2) is 7.98. The second-order valence-corrected chi connectivity index (χ2v) is 6.94. The van der Waals surface area contributed by atoms with Gasteiger partial charge in [-0.25, -0.2) is 4.39 Å². The lowest BCUT2D eigenvalue weighted by Gasteiger charge is -2.24. The van der Waals surface area contributed by atoms with Crippen LogP contribution in [0.15, 0.2) is 48.4 Å². The number of allylic oxidation sites excluding steroid dienone is 2. The smallest absolute Gasteiger partial charge is 0.241 e. The maximum absolute atomic E-state index is 13.1. The largest absolute Gasteiger partial charge is 0.325 e. The van der Waals surface area contributed by atoms with Crippen molar-refractivity contribution in [3.63, 3.8) is 0 Å². The van der Waals surface area contributed by atoms with Gasteiger partial charge in [0.2, 0.25) is 5.91 Å². The number of nitrogens with zero attached hydrogens (tertiary/aromatic N) is 1. The molecule has 2 unspecified atom stereocenters. The zero-order chi connectivity index (χ0) is 18.7. The minimum atomic E-state index is -0.658. The number of nitrogens with one attached hydrogen (secondary N) is 1. The lowest BCUT2D eigenvalue weighted by molar-refractivity contribution is -0.118. The molecule has 0 saturated carbocycles. The average Bonchev–Trinajstić information content (AvgIpc) is 2.63. The molecule has 2 aromatic rings. The molecule has 1 heterocycles. The summed E-state index contributed by atoms with van der Waals surface area (Å²) >= 11 is 6.27. The third kappa shape index (κ3) is 4.11. The number of pyridine rings is 1. The SMILES string of the molecule is Cc1nccc(Cl)c1-c1ccc(NC(=O)C(N)C2CC=C(F)CC2)cc1. The van der Waals surface area contributed by atoms with Crippen LogP contribution in [-0.4, -0.2) is 16.9 Å². The van der Waals surface area contributed by atoms with E-state index >= 15 is 0 Å². The molecule has 1 aliphatic carbocycles. The number of carbonyl (C=O) groups excluding carboxylic acids is 1. The molecule has 0 aliphatic heterocycles. The summed E-state index contributed by atoms with van der Waals surface area (Å²) in [5, 5.41) is 3.46. The first-order valence-electron chi connectivity index (χ1n) is 8.58. The molecule has 136 valence electrons. The molecule has 3 N–H and O–H groups in total. The van der Waals surface area contributed by atoms with Gasteiger partial charge < -0.3 is 11.1 Å². The summed E-state index contributed by atoms with van der Waals surface area (Å²) in [6.45, 7) is 1.90. The molecule has 26 heavy (non-hydrogen) atoms. The Labute approximate surface area is 157 Å². The molecule has 0 saturated heterocycles. The van der Waals surface area contributed by atoms with Crippen molar-refractivity contribution in [2.45, 2.75) is 32.2 Å². The molecule has 4 nitrogen and oxygen atoms in total. The summed E-state index contributed by atoms with van der Waals surface area (Å²) < 4.78 is 13.1. The highest BCUT2D eigenvalue weighted by Gasteiger charge is 2.26. The van der Waals surface area contributed by atoms with Crippen LogP contribution in [-0.2, 0) is 4.79 Å².